The summed E-state index contributed by atoms with van der Waals surface area (Å²) in [4.78, 5) is 0. The molecule has 0 bridgehead atoms. The molecule has 0 heterocycles. The van der Waals surface area contributed by atoms with Gasteiger partial charge in [0.25, 0.3) is 0 Å². The van der Waals surface area contributed by atoms with E-state index < -0.39 is 0 Å². The predicted octanol–water partition coefficient (Wildman–Crippen LogP) is 3.47. The van der Waals surface area contributed by atoms with Crippen molar-refractivity contribution in [2.75, 3.05) is 0 Å². The van der Waals surface area contributed by atoms with Gasteiger partial charge in [-0.1, -0.05) is 47.0 Å². The van der Waals surface area contributed by atoms with Crippen molar-refractivity contribution >= 4 is 0 Å². The zero-order valence-corrected chi connectivity index (χ0v) is 5.98. The molecular formula is C9H20. The van der Waals surface area contributed by atoms with Gasteiger partial charge < -0.3 is 0 Å². The van der Waals surface area contributed by atoms with Gasteiger partial charge >= 0.3 is 0 Å². The van der Waals surface area contributed by atoms with Crippen molar-refractivity contribution in [1.82, 2.24) is 0 Å². The third kappa shape index (κ3) is 2.88. The van der Waals surface area contributed by atoms with Crippen molar-refractivity contribution in [3.63, 3.8) is 0 Å². The Morgan fingerprint density at radius 2 is 1.00 bits per heavy atom. The van der Waals surface area contributed by atoms with Crippen LogP contribution in [0.3, 0.4) is 0 Å². The van der Waals surface area contributed by atoms with Gasteiger partial charge in [0, 0.05) is 0 Å². The molecule has 0 amide bonds. The maximum absolute atomic E-state index is 2.37. The Bertz CT molecular complexity index is 48.4. The first-order valence-corrected chi connectivity index (χ1v) is 3.79. The molecule has 0 aromatic heterocycles. The van der Waals surface area contributed by atoms with Gasteiger partial charge in [-0.05, 0) is 11.8 Å². The van der Waals surface area contributed by atoms with Crippen LogP contribution in [0.5, 0.6) is 0 Å². The van der Waals surface area contributed by atoms with Crippen LogP contribution in [0.4, 0.5) is 0 Å². The third-order valence-corrected chi connectivity index (χ3v) is 2.30. The predicted molar refractivity (Wildman–Crippen MR) is 43.5 cm³/mol. The molecule has 9 heavy (non-hydrogen) atoms. The molecule has 0 unspecified atom stereocenters. The SMILES string of the molecule is C.CC1CCC(C)CC1. The minimum absolute atomic E-state index is 0. The molecular weight excluding hydrogens is 108 g/mol. The average molecular weight is 128 g/mol. The molecule has 1 fully saturated rings. The quantitative estimate of drug-likeness (QED) is 0.468. The van der Waals surface area contributed by atoms with Gasteiger partial charge in [-0.25, -0.2) is 0 Å². The zero-order valence-electron chi connectivity index (χ0n) is 5.98. The van der Waals surface area contributed by atoms with E-state index in [1.54, 1.807) is 0 Å². The summed E-state index contributed by atoms with van der Waals surface area (Å²) in [5, 5.41) is 0. The number of hydrogen-bond donors (Lipinski definition) is 0. The highest BCUT2D eigenvalue weighted by Gasteiger charge is 2.13. The van der Waals surface area contributed by atoms with Crippen molar-refractivity contribution < 1.29 is 0 Å². The molecule has 1 aliphatic carbocycles. The summed E-state index contributed by atoms with van der Waals surface area (Å²) < 4.78 is 0. The van der Waals surface area contributed by atoms with Crippen molar-refractivity contribution in [3.8, 4) is 0 Å². The molecule has 0 radical (unpaired) electrons. The van der Waals surface area contributed by atoms with Crippen LogP contribution in [0, 0.1) is 11.8 Å². The van der Waals surface area contributed by atoms with Gasteiger partial charge in [-0.15, -0.1) is 0 Å². The first-order valence-electron chi connectivity index (χ1n) is 3.79. The first kappa shape index (κ1) is 9.00. The van der Waals surface area contributed by atoms with Crippen molar-refractivity contribution in [2.24, 2.45) is 11.8 Å². The summed E-state index contributed by atoms with van der Waals surface area (Å²) >= 11 is 0. The lowest BCUT2D eigenvalue weighted by atomic mass is 9.84. The summed E-state index contributed by atoms with van der Waals surface area (Å²) in [5.41, 5.74) is 0. The number of rotatable bonds is 0. The van der Waals surface area contributed by atoms with Gasteiger partial charge in [0.2, 0.25) is 0 Å². The van der Waals surface area contributed by atoms with E-state index in [1.165, 1.54) is 25.7 Å². The van der Waals surface area contributed by atoms with E-state index in [1.807, 2.05) is 0 Å². The normalized spacial score (nSPS) is 35.3. The second-order valence-corrected chi connectivity index (χ2v) is 3.37. The van der Waals surface area contributed by atoms with Crippen LogP contribution < -0.4 is 0 Å². The molecule has 0 aromatic rings. The molecule has 56 valence electrons. The van der Waals surface area contributed by atoms with E-state index in [9.17, 15) is 0 Å². The monoisotopic (exact) mass is 128 g/mol. The first-order chi connectivity index (χ1) is 3.79. The van der Waals surface area contributed by atoms with Crippen LogP contribution in [-0.4, -0.2) is 0 Å². The lowest BCUT2D eigenvalue weighted by molar-refractivity contribution is 0.308. The summed E-state index contributed by atoms with van der Waals surface area (Å²) in [7, 11) is 0. The molecule has 0 heteroatoms. The van der Waals surface area contributed by atoms with Gasteiger partial charge in [-0.3, -0.25) is 0 Å². The molecule has 1 saturated carbocycles. The minimum atomic E-state index is 0. The lowest BCUT2D eigenvalue weighted by Gasteiger charge is -2.22. The summed E-state index contributed by atoms with van der Waals surface area (Å²) in [6, 6.07) is 0. The fourth-order valence-electron chi connectivity index (χ4n) is 1.43. The summed E-state index contributed by atoms with van der Waals surface area (Å²) in [5.74, 6) is 2.04. The Morgan fingerprint density at radius 3 is 1.22 bits per heavy atom. The van der Waals surface area contributed by atoms with E-state index >= 15 is 0 Å². The fourth-order valence-corrected chi connectivity index (χ4v) is 1.43. The zero-order chi connectivity index (χ0) is 5.98. The highest BCUT2D eigenvalue weighted by molar-refractivity contribution is 4.65. The van der Waals surface area contributed by atoms with Gasteiger partial charge in [0.1, 0.15) is 0 Å². The molecule has 1 rings (SSSR count). The molecule has 0 spiro atoms. The fraction of sp³-hybridized carbons (Fsp3) is 1.00. The van der Waals surface area contributed by atoms with Gasteiger partial charge in [-0.2, -0.15) is 0 Å². The molecule has 0 nitrogen and oxygen atoms in total. The topological polar surface area (TPSA) is 0 Å². The molecule has 1 aliphatic rings. The second kappa shape index (κ2) is 3.92. The van der Waals surface area contributed by atoms with Gasteiger partial charge in [0.05, 0.1) is 0 Å². The van der Waals surface area contributed by atoms with Crippen LogP contribution >= 0.6 is 0 Å². The molecule has 0 atom stereocenters. The maximum Gasteiger partial charge on any atom is -0.0443 e. The molecule has 0 saturated heterocycles. The third-order valence-electron chi connectivity index (χ3n) is 2.30. The lowest BCUT2D eigenvalue weighted by Crippen LogP contribution is -2.08. The van der Waals surface area contributed by atoms with E-state index in [0.717, 1.165) is 11.8 Å². The Balaban J connectivity index is 0.000000640. The van der Waals surface area contributed by atoms with E-state index in [4.69, 9.17) is 0 Å². The van der Waals surface area contributed by atoms with Crippen molar-refractivity contribution in [1.29, 1.82) is 0 Å². The van der Waals surface area contributed by atoms with E-state index in [2.05, 4.69) is 13.8 Å². The Labute approximate surface area is 59.7 Å². The van der Waals surface area contributed by atoms with Crippen LogP contribution in [0.15, 0.2) is 0 Å². The number of hydrogen-bond acceptors (Lipinski definition) is 0. The largest absolute Gasteiger partial charge is 0.0776 e. The van der Waals surface area contributed by atoms with Crippen LogP contribution in [0.2, 0.25) is 0 Å². The Kier molecular flexibility index (Phi) is 3.92. The average Bonchev–Trinajstić information content (AvgIpc) is 1.77. The maximum atomic E-state index is 2.37. The second-order valence-electron chi connectivity index (χ2n) is 3.37. The van der Waals surface area contributed by atoms with Crippen LogP contribution in [-0.2, 0) is 0 Å². The minimum Gasteiger partial charge on any atom is -0.0776 e. The summed E-state index contributed by atoms with van der Waals surface area (Å²) in [6.07, 6.45) is 5.89. The molecule has 0 aromatic carbocycles. The highest BCUT2D eigenvalue weighted by Crippen LogP contribution is 2.27. The van der Waals surface area contributed by atoms with Crippen molar-refractivity contribution in [2.45, 2.75) is 47.0 Å². The Hall–Kier alpha value is 0. The molecule has 0 N–H and O–H groups in total. The van der Waals surface area contributed by atoms with Crippen LogP contribution in [0.25, 0.3) is 0 Å². The molecule has 0 aliphatic heterocycles. The van der Waals surface area contributed by atoms with Crippen molar-refractivity contribution in [3.05, 3.63) is 0 Å². The Morgan fingerprint density at radius 1 is 0.778 bits per heavy atom. The van der Waals surface area contributed by atoms with Gasteiger partial charge in [0.15, 0.2) is 0 Å². The van der Waals surface area contributed by atoms with E-state index in [0.29, 0.717) is 0 Å². The summed E-state index contributed by atoms with van der Waals surface area (Å²) in [6.45, 7) is 4.73. The van der Waals surface area contributed by atoms with E-state index in [-0.39, 0.29) is 7.43 Å². The van der Waals surface area contributed by atoms with Crippen LogP contribution in [0.1, 0.15) is 47.0 Å². The highest BCUT2D eigenvalue weighted by atomic mass is 14.2. The smallest absolute Gasteiger partial charge is 0.0443 e. The standard InChI is InChI=1S/C8H16.CH4/c1-7-3-5-8(2)6-4-7;/h7-8H,3-6H2,1-2H3;1H4.